The van der Waals surface area contributed by atoms with Crippen LogP contribution in [0.15, 0.2) is 54.2 Å². The molecule has 6 heteroatoms. The van der Waals surface area contributed by atoms with Crippen LogP contribution in [0, 0.1) is 0 Å². The van der Waals surface area contributed by atoms with Gasteiger partial charge in [0.05, 0.1) is 16.3 Å². The van der Waals surface area contributed by atoms with E-state index in [1.54, 1.807) is 36.7 Å². The molecule has 1 aromatic carbocycles. The number of amides is 1. The van der Waals surface area contributed by atoms with Gasteiger partial charge in [0, 0.05) is 23.3 Å². The van der Waals surface area contributed by atoms with Crippen molar-refractivity contribution in [2.24, 2.45) is 0 Å². The Kier molecular flexibility index (Phi) is 3.94. The van der Waals surface area contributed by atoms with Crippen molar-refractivity contribution in [3.63, 3.8) is 0 Å². The van der Waals surface area contributed by atoms with Gasteiger partial charge in [0.15, 0.2) is 5.13 Å². The summed E-state index contributed by atoms with van der Waals surface area (Å²) in [6.07, 6.45) is 3.41. The van der Waals surface area contributed by atoms with Gasteiger partial charge in [0.1, 0.15) is 0 Å². The topological polar surface area (TPSA) is 54.9 Å². The number of halogens is 1. The number of carbonyl (C=O) groups is 1. The molecule has 0 bridgehead atoms. The van der Waals surface area contributed by atoms with Crippen LogP contribution in [0.25, 0.3) is 11.3 Å². The largest absolute Gasteiger partial charge is 0.298 e. The first-order valence-corrected chi connectivity index (χ1v) is 7.41. The van der Waals surface area contributed by atoms with Crippen molar-refractivity contribution in [2.75, 3.05) is 5.32 Å². The molecule has 3 aromatic rings. The van der Waals surface area contributed by atoms with Crippen LogP contribution in [0.5, 0.6) is 0 Å². The van der Waals surface area contributed by atoms with E-state index in [0.29, 0.717) is 15.7 Å². The van der Waals surface area contributed by atoms with Gasteiger partial charge in [-0.15, -0.1) is 11.3 Å². The van der Waals surface area contributed by atoms with Crippen LogP contribution >= 0.6 is 22.9 Å². The van der Waals surface area contributed by atoms with Crippen molar-refractivity contribution in [2.45, 2.75) is 0 Å². The number of thiazole rings is 1. The number of hydrogen-bond acceptors (Lipinski definition) is 4. The molecule has 0 unspecified atom stereocenters. The normalized spacial score (nSPS) is 10.3. The number of nitrogens with one attached hydrogen (secondary N) is 1. The molecule has 1 amide bonds. The lowest BCUT2D eigenvalue weighted by Crippen LogP contribution is -2.12. The van der Waals surface area contributed by atoms with E-state index in [9.17, 15) is 4.79 Å². The third kappa shape index (κ3) is 3.09. The fourth-order valence-corrected chi connectivity index (χ4v) is 2.73. The maximum absolute atomic E-state index is 12.1. The molecule has 3 rings (SSSR count). The first-order valence-electron chi connectivity index (χ1n) is 6.16. The van der Waals surface area contributed by atoms with Crippen LogP contribution in [0.4, 0.5) is 5.13 Å². The number of benzene rings is 1. The second kappa shape index (κ2) is 6.03. The van der Waals surface area contributed by atoms with E-state index in [-0.39, 0.29) is 5.91 Å². The average molecular weight is 316 g/mol. The van der Waals surface area contributed by atoms with Gasteiger partial charge >= 0.3 is 0 Å². The van der Waals surface area contributed by atoms with Gasteiger partial charge < -0.3 is 0 Å². The number of anilines is 1. The third-order valence-electron chi connectivity index (χ3n) is 2.82. The fraction of sp³-hybridized carbons (Fsp3) is 0. The Morgan fingerprint density at radius 3 is 2.67 bits per heavy atom. The van der Waals surface area contributed by atoms with Gasteiger partial charge in [-0.1, -0.05) is 23.7 Å². The van der Waals surface area contributed by atoms with E-state index in [4.69, 9.17) is 11.6 Å². The maximum Gasteiger partial charge on any atom is 0.258 e. The second-order valence-electron chi connectivity index (χ2n) is 4.21. The van der Waals surface area contributed by atoms with Crippen LogP contribution in [-0.2, 0) is 0 Å². The maximum atomic E-state index is 12.1. The number of hydrogen-bond donors (Lipinski definition) is 1. The Morgan fingerprint density at radius 2 is 1.90 bits per heavy atom. The monoisotopic (exact) mass is 315 g/mol. The molecule has 0 saturated heterocycles. The minimum atomic E-state index is -0.267. The molecule has 2 aromatic heterocycles. The first kappa shape index (κ1) is 13.7. The number of rotatable bonds is 3. The van der Waals surface area contributed by atoms with Gasteiger partial charge in [-0.3, -0.25) is 15.1 Å². The molecular formula is C15H10ClN3OS. The SMILES string of the molecule is O=C(Nc1nc(-c2ccncc2)cs1)c1ccccc1Cl. The summed E-state index contributed by atoms with van der Waals surface area (Å²) in [7, 11) is 0. The molecule has 1 N–H and O–H groups in total. The molecular weight excluding hydrogens is 306 g/mol. The number of nitrogens with zero attached hydrogens (tertiary/aromatic N) is 2. The lowest BCUT2D eigenvalue weighted by Gasteiger charge is -2.03. The lowest BCUT2D eigenvalue weighted by atomic mass is 10.2. The van der Waals surface area contributed by atoms with Gasteiger partial charge in [-0.05, 0) is 24.3 Å². The standard InChI is InChI=1S/C15H10ClN3OS/c16-12-4-2-1-3-11(12)14(20)19-15-18-13(9-21-15)10-5-7-17-8-6-10/h1-9H,(H,18,19,20). The zero-order valence-corrected chi connectivity index (χ0v) is 12.4. The van der Waals surface area contributed by atoms with Gasteiger partial charge in [0.2, 0.25) is 0 Å². The van der Waals surface area contributed by atoms with Crippen LogP contribution in [0.3, 0.4) is 0 Å². The molecule has 0 saturated carbocycles. The second-order valence-corrected chi connectivity index (χ2v) is 5.47. The van der Waals surface area contributed by atoms with Crippen molar-refractivity contribution in [1.82, 2.24) is 9.97 Å². The Bertz CT molecular complexity index is 773. The van der Waals surface area contributed by atoms with Gasteiger partial charge in [-0.2, -0.15) is 0 Å². The highest BCUT2D eigenvalue weighted by molar-refractivity contribution is 7.14. The van der Waals surface area contributed by atoms with Crippen LogP contribution in [0.2, 0.25) is 5.02 Å². The number of pyridine rings is 1. The molecule has 2 heterocycles. The molecule has 0 aliphatic carbocycles. The van der Waals surface area contributed by atoms with Crippen LogP contribution in [0.1, 0.15) is 10.4 Å². The van der Waals surface area contributed by atoms with Crippen LogP contribution in [-0.4, -0.2) is 15.9 Å². The Labute approximate surface area is 130 Å². The highest BCUT2D eigenvalue weighted by Gasteiger charge is 2.12. The third-order valence-corrected chi connectivity index (χ3v) is 3.91. The van der Waals surface area contributed by atoms with E-state index < -0.39 is 0 Å². The van der Waals surface area contributed by atoms with Crippen molar-refractivity contribution in [3.05, 3.63) is 64.8 Å². The van der Waals surface area contributed by atoms with Crippen molar-refractivity contribution in [3.8, 4) is 11.3 Å². The smallest absolute Gasteiger partial charge is 0.258 e. The average Bonchev–Trinajstić information content (AvgIpc) is 2.97. The highest BCUT2D eigenvalue weighted by atomic mass is 35.5. The Morgan fingerprint density at radius 1 is 1.14 bits per heavy atom. The van der Waals surface area contributed by atoms with Crippen LogP contribution < -0.4 is 5.32 Å². The molecule has 0 aliphatic heterocycles. The predicted molar refractivity (Wildman–Crippen MR) is 84.8 cm³/mol. The van der Waals surface area contributed by atoms with Crippen molar-refractivity contribution in [1.29, 1.82) is 0 Å². The Hall–Kier alpha value is -2.24. The summed E-state index contributed by atoms with van der Waals surface area (Å²) >= 11 is 7.37. The summed E-state index contributed by atoms with van der Waals surface area (Å²) in [5, 5.41) is 5.60. The number of carbonyl (C=O) groups excluding carboxylic acids is 1. The summed E-state index contributed by atoms with van der Waals surface area (Å²) in [5.41, 5.74) is 2.19. The van der Waals surface area contributed by atoms with E-state index >= 15 is 0 Å². The van der Waals surface area contributed by atoms with E-state index in [0.717, 1.165) is 11.3 Å². The van der Waals surface area contributed by atoms with E-state index in [2.05, 4.69) is 15.3 Å². The fourth-order valence-electron chi connectivity index (χ4n) is 1.80. The van der Waals surface area contributed by atoms with E-state index in [1.165, 1.54) is 11.3 Å². The highest BCUT2D eigenvalue weighted by Crippen LogP contribution is 2.25. The van der Waals surface area contributed by atoms with E-state index in [1.807, 2.05) is 17.5 Å². The van der Waals surface area contributed by atoms with Crippen molar-refractivity contribution < 1.29 is 4.79 Å². The molecule has 21 heavy (non-hydrogen) atoms. The summed E-state index contributed by atoms with van der Waals surface area (Å²) in [4.78, 5) is 20.5. The summed E-state index contributed by atoms with van der Waals surface area (Å²) in [5.74, 6) is -0.267. The predicted octanol–water partition coefficient (Wildman–Crippen LogP) is 4.11. The molecule has 0 aliphatic rings. The first-order chi connectivity index (χ1) is 10.2. The molecule has 104 valence electrons. The molecule has 0 spiro atoms. The molecule has 0 atom stereocenters. The summed E-state index contributed by atoms with van der Waals surface area (Å²) < 4.78 is 0. The zero-order chi connectivity index (χ0) is 14.7. The quantitative estimate of drug-likeness (QED) is 0.791. The van der Waals surface area contributed by atoms with Gasteiger partial charge in [-0.25, -0.2) is 4.98 Å². The van der Waals surface area contributed by atoms with Gasteiger partial charge in [0.25, 0.3) is 5.91 Å². The minimum absolute atomic E-state index is 0.267. The molecule has 0 fully saturated rings. The zero-order valence-electron chi connectivity index (χ0n) is 10.8. The molecule has 4 nitrogen and oxygen atoms in total. The van der Waals surface area contributed by atoms with Crippen molar-refractivity contribution >= 4 is 34.0 Å². The lowest BCUT2D eigenvalue weighted by molar-refractivity contribution is 0.102. The Balaban J connectivity index is 1.79. The molecule has 0 radical (unpaired) electrons. The summed E-state index contributed by atoms with van der Waals surface area (Å²) in [6, 6.07) is 10.6. The number of aromatic nitrogens is 2. The summed E-state index contributed by atoms with van der Waals surface area (Å²) in [6.45, 7) is 0. The minimum Gasteiger partial charge on any atom is -0.298 e.